The molecule has 1 heterocycles. The van der Waals surface area contributed by atoms with Crippen LogP contribution in [0.15, 0.2) is 28.7 Å². The molecule has 5 heteroatoms. The van der Waals surface area contributed by atoms with Crippen LogP contribution in [0.3, 0.4) is 0 Å². The maximum Gasteiger partial charge on any atom is 0.233 e. The Labute approximate surface area is 147 Å². The average Bonchev–Trinajstić information content (AvgIpc) is 3.30. The Morgan fingerprint density at radius 1 is 1.27 bits per heavy atom. The lowest BCUT2D eigenvalue weighted by Gasteiger charge is -2.34. The van der Waals surface area contributed by atoms with Crippen molar-refractivity contribution in [3.8, 4) is 0 Å². The maximum atomic E-state index is 12.9. The summed E-state index contributed by atoms with van der Waals surface area (Å²) in [5, 5.41) is 3.25. The summed E-state index contributed by atoms with van der Waals surface area (Å²) in [7, 11) is 2.00. The van der Waals surface area contributed by atoms with Crippen LogP contribution in [0.25, 0.3) is 0 Å². The van der Waals surface area contributed by atoms with E-state index in [1.807, 2.05) is 19.2 Å². The Morgan fingerprint density at radius 2 is 1.86 bits per heavy atom. The van der Waals surface area contributed by atoms with Crippen molar-refractivity contribution in [1.29, 1.82) is 0 Å². The van der Waals surface area contributed by atoms with Crippen LogP contribution < -0.4 is 5.32 Å². The quantitative estimate of drug-likeness (QED) is 0.859. The molecular weight excluding hydrogens is 364 g/mol. The molecule has 1 aromatic rings. The molecule has 1 amide bonds. The van der Waals surface area contributed by atoms with E-state index >= 15 is 0 Å². The zero-order chi connectivity index (χ0) is 14.9. The summed E-state index contributed by atoms with van der Waals surface area (Å²) in [5.74, 6) is 1.08. The Balaban J connectivity index is 0.00000176. The number of nitrogens with one attached hydrogen (secondary N) is 1. The number of benzene rings is 1. The van der Waals surface area contributed by atoms with Gasteiger partial charge in [-0.25, -0.2) is 0 Å². The van der Waals surface area contributed by atoms with Gasteiger partial charge in [-0.05, 0) is 62.9 Å². The highest BCUT2D eigenvalue weighted by Gasteiger charge is 2.53. The van der Waals surface area contributed by atoms with E-state index in [1.54, 1.807) is 0 Å². The first-order valence-corrected chi connectivity index (χ1v) is 8.65. The lowest BCUT2D eigenvalue weighted by molar-refractivity contribution is -0.135. The lowest BCUT2D eigenvalue weighted by Crippen LogP contribution is -2.45. The van der Waals surface area contributed by atoms with Gasteiger partial charge < -0.3 is 10.2 Å². The molecule has 1 aliphatic heterocycles. The molecule has 3 nitrogen and oxygen atoms in total. The molecule has 2 fully saturated rings. The Bertz CT molecular complexity index is 508. The molecular formula is C17H24BrClN2O. The minimum atomic E-state index is -0.212. The van der Waals surface area contributed by atoms with E-state index < -0.39 is 0 Å². The average molecular weight is 388 g/mol. The van der Waals surface area contributed by atoms with Crippen LogP contribution in [0.5, 0.6) is 0 Å². The molecule has 0 radical (unpaired) electrons. The Morgan fingerprint density at radius 3 is 2.36 bits per heavy atom. The number of hydrogen-bond donors (Lipinski definition) is 1. The first-order chi connectivity index (χ1) is 10.2. The molecule has 1 aliphatic carbocycles. The van der Waals surface area contributed by atoms with Gasteiger partial charge >= 0.3 is 0 Å². The largest absolute Gasteiger partial charge is 0.342 e. The molecule has 1 saturated carbocycles. The van der Waals surface area contributed by atoms with Crippen molar-refractivity contribution >= 4 is 34.2 Å². The molecule has 122 valence electrons. The molecule has 0 atom stereocenters. The number of carbonyl (C=O) groups excluding carboxylic acids is 1. The highest BCUT2D eigenvalue weighted by Crippen LogP contribution is 2.50. The summed E-state index contributed by atoms with van der Waals surface area (Å²) < 4.78 is 1.07. The monoisotopic (exact) mass is 386 g/mol. The number of carbonyl (C=O) groups is 1. The van der Waals surface area contributed by atoms with E-state index in [1.165, 1.54) is 5.56 Å². The fourth-order valence-corrected chi connectivity index (χ4v) is 3.72. The van der Waals surface area contributed by atoms with E-state index in [0.717, 1.165) is 55.7 Å². The third-order valence-electron chi connectivity index (χ3n) is 4.95. The maximum absolute atomic E-state index is 12.9. The van der Waals surface area contributed by atoms with E-state index in [-0.39, 0.29) is 17.8 Å². The van der Waals surface area contributed by atoms with Crippen molar-refractivity contribution in [3.05, 3.63) is 34.3 Å². The summed E-state index contributed by atoms with van der Waals surface area (Å²) in [6.07, 6.45) is 4.26. The fourth-order valence-electron chi connectivity index (χ4n) is 3.45. The fraction of sp³-hybridized carbons (Fsp3) is 0.588. The van der Waals surface area contributed by atoms with Crippen LogP contribution in [0.1, 0.15) is 31.2 Å². The second-order valence-electron chi connectivity index (χ2n) is 6.38. The van der Waals surface area contributed by atoms with Crippen LogP contribution in [-0.4, -0.2) is 37.5 Å². The molecule has 22 heavy (non-hydrogen) atoms. The molecule has 2 aliphatic rings. The van der Waals surface area contributed by atoms with Crippen LogP contribution >= 0.6 is 28.3 Å². The molecule has 0 unspecified atom stereocenters. The zero-order valence-corrected chi connectivity index (χ0v) is 15.4. The second kappa shape index (κ2) is 7.33. The van der Waals surface area contributed by atoms with Crippen LogP contribution in [0.2, 0.25) is 0 Å². The van der Waals surface area contributed by atoms with Gasteiger partial charge in [0.1, 0.15) is 0 Å². The number of piperidine rings is 1. The van der Waals surface area contributed by atoms with Crippen LogP contribution in [0.4, 0.5) is 0 Å². The SMILES string of the molecule is CNCC1CCN(C(=O)C2(c3ccc(Br)cc3)CC2)CC1.Cl. The predicted octanol–water partition coefficient (Wildman–Crippen LogP) is 3.36. The highest BCUT2D eigenvalue weighted by molar-refractivity contribution is 9.10. The van der Waals surface area contributed by atoms with Gasteiger partial charge in [-0.3, -0.25) is 4.79 Å². The molecule has 3 rings (SSSR count). The highest BCUT2D eigenvalue weighted by atomic mass is 79.9. The van der Waals surface area contributed by atoms with Gasteiger partial charge in [0.05, 0.1) is 5.41 Å². The summed E-state index contributed by atoms with van der Waals surface area (Å²) in [5.41, 5.74) is 0.976. The van der Waals surface area contributed by atoms with E-state index in [0.29, 0.717) is 5.91 Å². The van der Waals surface area contributed by atoms with Crippen LogP contribution in [0, 0.1) is 5.92 Å². The van der Waals surface area contributed by atoms with Gasteiger partial charge in [-0.2, -0.15) is 0 Å². The molecule has 0 aromatic heterocycles. The molecule has 0 bridgehead atoms. The summed E-state index contributed by atoms with van der Waals surface area (Å²) in [6.45, 7) is 2.91. The Kier molecular flexibility index (Phi) is 5.92. The van der Waals surface area contributed by atoms with Crippen molar-refractivity contribution in [1.82, 2.24) is 10.2 Å². The van der Waals surface area contributed by atoms with Gasteiger partial charge in [0, 0.05) is 17.6 Å². The minimum Gasteiger partial charge on any atom is -0.342 e. The van der Waals surface area contributed by atoms with Crippen molar-refractivity contribution in [2.45, 2.75) is 31.1 Å². The topological polar surface area (TPSA) is 32.3 Å². The smallest absolute Gasteiger partial charge is 0.233 e. The van der Waals surface area contributed by atoms with E-state index in [4.69, 9.17) is 0 Å². The summed E-state index contributed by atoms with van der Waals surface area (Å²) in [4.78, 5) is 15.0. The summed E-state index contributed by atoms with van der Waals surface area (Å²) in [6, 6.07) is 8.29. The van der Waals surface area contributed by atoms with Crippen molar-refractivity contribution in [2.24, 2.45) is 5.92 Å². The standard InChI is InChI=1S/C17H23BrN2O.ClH/c1-19-12-13-6-10-20(11-7-13)16(21)17(8-9-17)14-2-4-15(18)5-3-14;/h2-5,13,19H,6-12H2,1H3;1H. The number of nitrogens with zero attached hydrogens (tertiary/aromatic N) is 1. The Hall–Kier alpha value is -0.580. The van der Waals surface area contributed by atoms with E-state index in [9.17, 15) is 4.79 Å². The third kappa shape index (κ3) is 3.50. The molecule has 0 spiro atoms. The zero-order valence-electron chi connectivity index (χ0n) is 13.0. The van der Waals surface area contributed by atoms with Gasteiger partial charge in [0.15, 0.2) is 0 Å². The van der Waals surface area contributed by atoms with Crippen molar-refractivity contribution in [3.63, 3.8) is 0 Å². The lowest BCUT2D eigenvalue weighted by atomic mass is 9.91. The molecule has 1 aromatic carbocycles. The van der Waals surface area contributed by atoms with Gasteiger partial charge in [-0.1, -0.05) is 28.1 Å². The normalized spacial score (nSPS) is 20.4. The van der Waals surface area contributed by atoms with Crippen LogP contribution in [-0.2, 0) is 10.2 Å². The van der Waals surface area contributed by atoms with Gasteiger partial charge in [-0.15, -0.1) is 12.4 Å². The molecule has 1 saturated heterocycles. The third-order valence-corrected chi connectivity index (χ3v) is 5.48. The number of amides is 1. The second-order valence-corrected chi connectivity index (χ2v) is 7.30. The van der Waals surface area contributed by atoms with Gasteiger partial charge in [0.25, 0.3) is 0 Å². The number of likely N-dealkylation sites (tertiary alicyclic amines) is 1. The first kappa shape index (κ1) is 17.8. The number of halogens is 2. The predicted molar refractivity (Wildman–Crippen MR) is 95.5 cm³/mol. The summed E-state index contributed by atoms with van der Waals surface area (Å²) >= 11 is 3.47. The first-order valence-electron chi connectivity index (χ1n) is 7.86. The minimum absolute atomic E-state index is 0. The van der Waals surface area contributed by atoms with Crippen molar-refractivity contribution in [2.75, 3.05) is 26.7 Å². The van der Waals surface area contributed by atoms with Gasteiger partial charge in [0.2, 0.25) is 5.91 Å². The number of rotatable bonds is 4. The van der Waals surface area contributed by atoms with Crippen molar-refractivity contribution < 1.29 is 4.79 Å². The van der Waals surface area contributed by atoms with E-state index in [2.05, 4.69) is 38.3 Å². The molecule has 1 N–H and O–H groups in total. The number of hydrogen-bond acceptors (Lipinski definition) is 2.